The number of nitrogens with zero attached hydrogens (tertiary/aromatic N) is 2. The van der Waals surface area contributed by atoms with Gasteiger partial charge >= 0.3 is 5.97 Å². The molecular formula is C25H27N3O5. The summed E-state index contributed by atoms with van der Waals surface area (Å²) in [5.74, 6) is -0.726. The van der Waals surface area contributed by atoms with Crippen LogP contribution in [0.2, 0.25) is 0 Å². The molecule has 33 heavy (non-hydrogen) atoms. The number of nitrogens with one attached hydrogen (secondary N) is 1. The van der Waals surface area contributed by atoms with Crippen molar-refractivity contribution in [3.63, 3.8) is 0 Å². The molecule has 172 valence electrons. The summed E-state index contributed by atoms with van der Waals surface area (Å²) in [4.78, 5) is 36.4. The van der Waals surface area contributed by atoms with Crippen molar-refractivity contribution in [1.82, 2.24) is 15.0 Å². The molecule has 3 aromatic rings. The smallest absolute Gasteiger partial charge is 0.343 e. The van der Waals surface area contributed by atoms with E-state index in [0.717, 1.165) is 22.0 Å². The largest absolute Gasteiger partial charge is 0.458 e. The Hall–Kier alpha value is -3.07. The van der Waals surface area contributed by atoms with E-state index < -0.39 is 11.6 Å². The van der Waals surface area contributed by atoms with Gasteiger partial charge in [0.1, 0.15) is 6.61 Å². The summed E-state index contributed by atoms with van der Waals surface area (Å²) >= 11 is 0. The number of carbonyl (C=O) groups excluding carboxylic acids is 1. The third kappa shape index (κ3) is 3.37. The summed E-state index contributed by atoms with van der Waals surface area (Å²) in [7, 11) is 0. The van der Waals surface area contributed by atoms with Crippen LogP contribution in [0.25, 0.3) is 22.3 Å². The van der Waals surface area contributed by atoms with Crippen LogP contribution in [-0.4, -0.2) is 26.2 Å². The minimum atomic E-state index is -1.84. The molecule has 1 aromatic carbocycles. The monoisotopic (exact) mass is 449 g/mol. The number of hydroxylamine groups is 1. The van der Waals surface area contributed by atoms with Gasteiger partial charge in [-0.1, -0.05) is 25.1 Å². The number of cyclic esters (lactones) is 1. The van der Waals surface area contributed by atoms with Crippen LogP contribution in [-0.2, 0) is 39.7 Å². The third-order valence-corrected chi connectivity index (χ3v) is 6.34. The average molecular weight is 450 g/mol. The second kappa shape index (κ2) is 7.48. The zero-order valence-electron chi connectivity index (χ0n) is 19.2. The minimum Gasteiger partial charge on any atom is -0.458 e. The van der Waals surface area contributed by atoms with Gasteiger partial charge < -0.3 is 14.4 Å². The van der Waals surface area contributed by atoms with Crippen molar-refractivity contribution >= 4 is 16.9 Å². The normalized spacial score (nSPS) is 19.2. The lowest BCUT2D eigenvalue weighted by atomic mass is 9.86. The maximum atomic E-state index is 13.4. The van der Waals surface area contributed by atoms with E-state index in [9.17, 15) is 14.7 Å². The molecule has 8 heteroatoms. The van der Waals surface area contributed by atoms with Crippen LogP contribution in [0.5, 0.6) is 0 Å². The molecule has 2 aromatic heterocycles. The molecule has 0 saturated carbocycles. The van der Waals surface area contributed by atoms with Gasteiger partial charge in [0.2, 0.25) is 0 Å². The van der Waals surface area contributed by atoms with Crippen LogP contribution in [0.3, 0.4) is 0 Å². The second-order valence-corrected chi connectivity index (χ2v) is 9.57. The first-order valence-electron chi connectivity index (χ1n) is 11.1. The lowest BCUT2D eigenvalue weighted by Gasteiger charge is -2.31. The number of aliphatic hydroxyl groups is 1. The molecule has 0 amide bonds. The Bertz CT molecular complexity index is 1350. The molecule has 0 unspecified atom stereocenters. The fraction of sp³-hybridized carbons (Fsp3) is 0.400. The molecule has 2 aliphatic rings. The molecule has 0 aliphatic carbocycles. The highest BCUT2D eigenvalue weighted by atomic mass is 16.7. The lowest BCUT2D eigenvalue weighted by Crippen LogP contribution is -2.44. The van der Waals surface area contributed by atoms with Gasteiger partial charge in [0.05, 0.1) is 34.6 Å². The fourth-order valence-corrected chi connectivity index (χ4v) is 4.64. The van der Waals surface area contributed by atoms with Gasteiger partial charge in [0.15, 0.2) is 5.60 Å². The third-order valence-electron chi connectivity index (χ3n) is 6.34. The SMILES string of the molecule is CC[C@@]1(O)C(=O)OCc2c1cc1n(c2=O)Cc2c-1nc1ccccc1c2CNOC(C)(C)C. The highest BCUT2D eigenvalue weighted by molar-refractivity contribution is 5.89. The summed E-state index contributed by atoms with van der Waals surface area (Å²) < 4.78 is 6.81. The van der Waals surface area contributed by atoms with Gasteiger partial charge in [-0.25, -0.2) is 9.78 Å². The van der Waals surface area contributed by atoms with Crippen molar-refractivity contribution in [1.29, 1.82) is 0 Å². The first-order chi connectivity index (χ1) is 15.6. The van der Waals surface area contributed by atoms with Gasteiger partial charge in [-0.15, -0.1) is 0 Å². The molecule has 5 rings (SSSR count). The number of aromatic nitrogens is 2. The van der Waals surface area contributed by atoms with Crippen molar-refractivity contribution in [2.75, 3.05) is 0 Å². The number of ether oxygens (including phenoxy) is 1. The van der Waals surface area contributed by atoms with Gasteiger partial charge in [-0.3, -0.25) is 9.63 Å². The second-order valence-electron chi connectivity index (χ2n) is 9.57. The Morgan fingerprint density at radius 1 is 1.24 bits per heavy atom. The molecule has 0 fully saturated rings. The maximum absolute atomic E-state index is 13.4. The predicted octanol–water partition coefficient (Wildman–Crippen LogP) is 2.90. The number of rotatable bonds is 4. The number of esters is 1. The van der Waals surface area contributed by atoms with Crippen molar-refractivity contribution in [2.45, 2.75) is 65.0 Å². The van der Waals surface area contributed by atoms with Crippen molar-refractivity contribution < 1.29 is 19.5 Å². The van der Waals surface area contributed by atoms with Crippen molar-refractivity contribution in [3.8, 4) is 11.4 Å². The Morgan fingerprint density at radius 3 is 2.73 bits per heavy atom. The molecule has 4 heterocycles. The zero-order valence-corrected chi connectivity index (χ0v) is 19.2. The molecule has 1 atom stereocenters. The molecule has 0 radical (unpaired) electrons. The quantitative estimate of drug-likeness (QED) is 0.365. The molecule has 0 bridgehead atoms. The standard InChI is InChI=1S/C25H27N3O5/c1-5-25(31)18-10-20-21-16(12-28(20)22(29)17(18)13-32-23(25)30)15(11-26-33-24(2,3)4)14-8-6-7-9-19(14)27-21/h6-10,26,31H,5,11-13H2,1-4H3/t25-/m0/s1. The maximum Gasteiger partial charge on any atom is 0.343 e. The lowest BCUT2D eigenvalue weighted by molar-refractivity contribution is -0.172. The topological polar surface area (TPSA) is 103 Å². The number of hydrogen-bond donors (Lipinski definition) is 2. The van der Waals surface area contributed by atoms with E-state index in [0.29, 0.717) is 35.6 Å². The van der Waals surface area contributed by atoms with Crippen LogP contribution < -0.4 is 11.0 Å². The average Bonchev–Trinajstić information content (AvgIpc) is 3.14. The van der Waals surface area contributed by atoms with Crippen LogP contribution in [0.15, 0.2) is 35.1 Å². The number of carbonyl (C=O) groups is 1. The Morgan fingerprint density at radius 2 is 2.00 bits per heavy atom. The first kappa shape index (κ1) is 21.8. The van der Waals surface area contributed by atoms with Crippen LogP contribution in [0, 0.1) is 0 Å². The predicted molar refractivity (Wildman–Crippen MR) is 122 cm³/mol. The highest BCUT2D eigenvalue weighted by Gasteiger charge is 2.45. The molecule has 2 N–H and O–H groups in total. The van der Waals surface area contributed by atoms with E-state index in [1.165, 1.54) is 0 Å². The highest BCUT2D eigenvalue weighted by Crippen LogP contribution is 2.40. The molecule has 0 saturated heterocycles. The number of hydrogen-bond acceptors (Lipinski definition) is 7. The zero-order chi connectivity index (χ0) is 23.5. The Kier molecular flexibility index (Phi) is 4.93. The van der Waals surface area contributed by atoms with E-state index in [4.69, 9.17) is 14.6 Å². The van der Waals surface area contributed by atoms with Gasteiger partial charge in [-0.05, 0) is 44.9 Å². The van der Waals surface area contributed by atoms with E-state index in [2.05, 4.69) is 5.48 Å². The molecule has 8 nitrogen and oxygen atoms in total. The summed E-state index contributed by atoms with van der Waals surface area (Å²) in [6.07, 6.45) is 0.110. The Labute approximate surface area is 191 Å². The van der Waals surface area contributed by atoms with Gasteiger partial charge in [0, 0.05) is 23.1 Å². The number of pyridine rings is 2. The summed E-state index contributed by atoms with van der Waals surface area (Å²) in [6, 6.07) is 9.56. The van der Waals surface area contributed by atoms with Crippen molar-refractivity contribution in [2.24, 2.45) is 0 Å². The van der Waals surface area contributed by atoms with Gasteiger partial charge in [0.25, 0.3) is 5.56 Å². The molecule has 0 spiro atoms. The number of benzene rings is 1. The summed E-state index contributed by atoms with van der Waals surface area (Å²) in [5, 5.41) is 12.0. The minimum absolute atomic E-state index is 0.110. The summed E-state index contributed by atoms with van der Waals surface area (Å²) in [5.41, 5.74) is 5.23. The van der Waals surface area contributed by atoms with Gasteiger partial charge in [-0.2, -0.15) is 5.48 Å². The van der Waals surface area contributed by atoms with E-state index >= 15 is 0 Å². The van der Waals surface area contributed by atoms with E-state index in [1.807, 2.05) is 45.0 Å². The summed E-state index contributed by atoms with van der Waals surface area (Å²) in [6.45, 7) is 8.23. The number of para-hydroxylation sites is 1. The molecular weight excluding hydrogens is 422 g/mol. The van der Waals surface area contributed by atoms with E-state index in [-0.39, 0.29) is 24.2 Å². The van der Waals surface area contributed by atoms with Crippen LogP contribution in [0.1, 0.15) is 56.4 Å². The molecule has 2 aliphatic heterocycles. The Balaban J connectivity index is 1.70. The fourth-order valence-electron chi connectivity index (χ4n) is 4.64. The number of fused-ring (bicyclic) bond motifs is 5. The van der Waals surface area contributed by atoms with Crippen molar-refractivity contribution in [3.05, 3.63) is 62.9 Å². The van der Waals surface area contributed by atoms with Crippen LogP contribution >= 0.6 is 0 Å². The first-order valence-corrected chi connectivity index (χ1v) is 11.1. The van der Waals surface area contributed by atoms with Crippen LogP contribution in [0.4, 0.5) is 0 Å². The van der Waals surface area contributed by atoms with E-state index in [1.54, 1.807) is 17.6 Å².